The third-order valence-corrected chi connectivity index (χ3v) is 4.14. The predicted octanol–water partition coefficient (Wildman–Crippen LogP) is 2.79. The maximum absolute atomic E-state index is 12.7. The van der Waals surface area contributed by atoms with Crippen LogP contribution in [0.3, 0.4) is 0 Å². The van der Waals surface area contributed by atoms with Gasteiger partial charge in [0.15, 0.2) is 0 Å². The molecule has 0 bridgehead atoms. The van der Waals surface area contributed by atoms with E-state index >= 15 is 0 Å². The Morgan fingerprint density at radius 2 is 2.29 bits per heavy atom. The van der Waals surface area contributed by atoms with Crippen LogP contribution in [0.2, 0.25) is 0 Å². The van der Waals surface area contributed by atoms with E-state index in [-0.39, 0.29) is 11.9 Å². The summed E-state index contributed by atoms with van der Waals surface area (Å²) in [6.45, 7) is 5.44. The van der Waals surface area contributed by atoms with Gasteiger partial charge in [0.05, 0.1) is 30.6 Å². The van der Waals surface area contributed by atoms with Crippen molar-refractivity contribution < 1.29 is 9.21 Å². The van der Waals surface area contributed by atoms with Gasteiger partial charge in [-0.2, -0.15) is 5.10 Å². The van der Waals surface area contributed by atoms with Gasteiger partial charge in [0.1, 0.15) is 5.76 Å². The zero-order chi connectivity index (χ0) is 14.8. The number of likely N-dealkylation sites (tertiary alicyclic amines) is 1. The Labute approximate surface area is 124 Å². The van der Waals surface area contributed by atoms with E-state index in [2.05, 4.69) is 5.10 Å². The van der Waals surface area contributed by atoms with Crippen LogP contribution in [0.4, 0.5) is 0 Å². The van der Waals surface area contributed by atoms with E-state index in [0.717, 1.165) is 31.5 Å². The summed E-state index contributed by atoms with van der Waals surface area (Å²) >= 11 is 0. The molecule has 1 atom stereocenters. The molecule has 5 nitrogen and oxygen atoms in total. The number of rotatable bonds is 3. The topological polar surface area (TPSA) is 51.3 Å². The molecule has 0 N–H and O–H groups in total. The van der Waals surface area contributed by atoms with E-state index in [1.54, 1.807) is 12.3 Å². The molecule has 0 spiro atoms. The summed E-state index contributed by atoms with van der Waals surface area (Å²) in [5, 5.41) is 4.34. The van der Waals surface area contributed by atoms with E-state index in [9.17, 15) is 4.79 Å². The van der Waals surface area contributed by atoms with Crippen LogP contribution >= 0.6 is 0 Å². The van der Waals surface area contributed by atoms with Crippen molar-refractivity contribution in [2.24, 2.45) is 0 Å². The van der Waals surface area contributed by atoms with Crippen molar-refractivity contribution in [2.75, 3.05) is 6.54 Å². The summed E-state index contributed by atoms with van der Waals surface area (Å²) in [4.78, 5) is 14.7. The third-order valence-electron chi connectivity index (χ3n) is 4.14. The number of furan rings is 1. The Morgan fingerprint density at radius 1 is 1.43 bits per heavy atom. The fourth-order valence-corrected chi connectivity index (χ4v) is 3.00. The molecular weight excluding hydrogens is 266 g/mol. The van der Waals surface area contributed by atoms with Gasteiger partial charge in [0.25, 0.3) is 5.91 Å². The third kappa shape index (κ3) is 2.86. The van der Waals surface area contributed by atoms with Gasteiger partial charge in [0.2, 0.25) is 0 Å². The van der Waals surface area contributed by atoms with Crippen molar-refractivity contribution in [3.8, 4) is 0 Å². The van der Waals surface area contributed by atoms with Gasteiger partial charge >= 0.3 is 0 Å². The molecule has 2 aromatic rings. The second-order valence-corrected chi connectivity index (χ2v) is 5.78. The van der Waals surface area contributed by atoms with Crippen molar-refractivity contribution in [3.05, 3.63) is 41.6 Å². The first-order chi connectivity index (χ1) is 10.1. The number of amides is 1. The molecule has 0 aromatic carbocycles. The van der Waals surface area contributed by atoms with Crippen LogP contribution in [0.25, 0.3) is 0 Å². The lowest BCUT2D eigenvalue weighted by atomic mass is 10.0. The van der Waals surface area contributed by atoms with Gasteiger partial charge < -0.3 is 9.32 Å². The maximum Gasteiger partial charge on any atom is 0.257 e. The number of hydrogen-bond acceptors (Lipinski definition) is 3. The minimum absolute atomic E-state index is 0.0785. The highest BCUT2D eigenvalue weighted by Crippen LogP contribution is 2.22. The van der Waals surface area contributed by atoms with Crippen molar-refractivity contribution >= 4 is 5.91 Å². The minimum Gasteiger partial charge on any atom is -0.469 e. The molecule has 1 aliphatic heterocycles. The Kier molecular flexibility index (Phi) is 3.82. The summed E-state index contributed by atoms with van der Waals surface area (Å²) in [6.07, 6.45) is 8.73. The second kappa shape index (κ2) is 5.76. The highest BCUT2D eigenvalue weighted by Gasteiger charge is 2.29. The normalized spacial score (nSPS) is 19.0. The number of carbonyl (C=O) groups excluding carboxylic acids is 1. The SMILES string of the molecule is Cc1cnn(C[C@@H]2CCCCN2C(=O)c2ccoc2C)c1. The predicted molar refractivity (Wildman–Crippen MR) is 79.1 cm³/mol. The number of piperidine rings is 1. The molecule has 0 saturated carbocycles. The van der Waals surface area contributed by atoms with Crippen molar-refractivity contribution in [1.82, 2.24) is 14.7 Å². The fraction of sp³-hybridized carbons (Fsp3) is 0.500. The van der Waals surface area contributed by atoms with Gasteiger partial charge in [-0.1, -0.05) is 0 Å². The van der Waals surface area contributed by atoms with E-state index in [0.29, 0.717) is 11.3 Å². The van der Waals surface area contributed by atoms with Crippen LogP contribution in [0.5, 0.6) is 0 Å². The lowest BCUT2D eigenvalue weighted by molar-refractivity contribution is 0.0582. The standard InChI is InChI=1S/C16H21N3O2/c1-12-9-17-18(10-12)11-14-5-3-4-7-19(14)16(20)15-6-8-21-13(15)2/h6,8-10,14H,3-5,7,11H2,1-2H3/t14-/m0/s1. The fourth-order valence-electron chi connectivity index (χ4n) is 3.00. The van der Waals surface area contributed by atoms with Crippen LogP contribution in [-0.2, 0) is 6.54 Å². The Morgan fingerprint density at radius 3 is 2.95 bits per heavy atom. The number of hydrogen-bond donors (Lipinski definition) is 0. The van der Waals surface area contributed by atoms with E-state index in [1.165, 1.54) is 6.42 Å². The van der Waals surface area contributed by atoms with Gasteiger partial charge in [-0.3, -0.25) is 9.48 Å². The zero-order valence-corrected chi connectivity index (χ0v) is 12.6. The smallest absolute Gasteiger partial charge is 0.257 e. The van der Waals surface area contributed by atoms with Crippen LogP contribution < -0.4 is 0 Å². The summed E-state index contributed by atoms with van der Waals surface area (Å²) in [6, 6.07) is 1.97. The van der Waals surface area contributed by atoms with E-state index in [4.69, 9.17) is 4.42 Å². The number of aromatic nitrogens is 2. The molecule has 1 amide bonds. The first-order valence-electron chi connectivity index (χ1n) is 7.49. The van der Waals surface area contributed by atoms with Gasteiger partial charge in [-0.25, -0.2) is 0 Å². The molecule has 1 saturated heterocycles. The van der Waals surface area contributed by atoms with Crippen LogP contribution in [0, 0.1) is 13.8 Å². The molecule has 3 rings (SSSR count). The number of carbonyl (C=O) groups is 1. The molecule has 0 radical (unpaired) electrons. The molecule has 1 aliphatic rings. The van der Waals surface area contributed by atoms with Gasteiger partial charge in [0, 0.05) is 12.7 Å². The average molecular weight is 287 g/mol. The first kappa shape index (κ1) is 13.9. The maximum atomic E-state index is 12.7. The highest BCUT2D eigenvalue weighted by molar-refractivity contribution is 5.95. The molecule has 112 valence electrons. The van der Waals surface area contributed by atoms with Crippen LogP contribution in [-0.4, -0.2) is 33.2 Å². The Balaban J connectivity index is 1.78. The first-order valence-corrected chi connectivity index (χ1v) is 7.49. The quantitative estimate of drug-likeness (QED) is 0.872. The summed E-state index contributed by atoms with van der Waals surface area (Å²) in [5.74, 6) is 0.772. The molecule has 0 unspecified atom stereocenters. The van der Waals surface area contributed by atoms with Crippen LogP contribution in [0.1, 0.15) is 40.9 Å². The van der Waals surface area contributed by atoms with E-state index < -0.39 is 0 Å². The minimum atomic E-state index is 0.0785. The summed E-state index contributed by atoms with van der Waals surface area (Å²) in [5.41, 5.74) is 1.83. The number of nitrogens with zero attached hydrogens (tertiary/aromatic N) is 3. The Hall–Kier alpha value is -2.04. The molecule has 1 fully saturated rings. The molecule has 3 heterocycles. The molecule has 2 aromatic heterocycles. The van der Waals surface area contributed by atoms with Gasteiger partial charge in [-0.05, 0) is 44.7 Å². The average Bonchev–Trinajstić information content (AvgIpc) is 3.07. The van der Waals surface area contributed by atoms with E-state index in [1.807, 2.05) is 35.8 Å². The second-order valence-electron chi connectivity index (χ2n) is 5.78. The van der Waals surface area contributed by atoms with Crippen molar-refractivity contribution in [2.45, 2.75) is 45.7 Å². The Bertz CT molecular complexity index is 629. The summed E-state index contributed by atoms with van der Waals surface area (Å²) in [7, 11) is 0. The molecule has 5 heteroatoms. The lowest BCUT2D eigenvalue weighted by Gasteiger charge is -2.35. The van der Waals surface area contributed by atoms with Crippen molar-refractivity contribution in [3.63, 3.8) is 0 Å². The largest absolute Gasteiger partial charge is 0.469 e. The molecular formula is C16H21N3O2. The van der Waals surface area contributed by atoms with Crippen molar-refractivity contribution in [1.29, 1.82) is 0 Å². The van der Waals surface area contributed by atoms with Crippen LogP contribution in [0.15, 0.2) is 29.1 Å². The van der Waals surface area contributed by atoms with Gasteiger partial charge in [-0.15, -0.1) is 0 Å². The monoisotopic (exact) mass is 287 g/mol. The lowest BCUT2D eigenvalue weighted by Crippen LogP contribution is -2.46. The molecule has 21 heavy (non-hydrogen) atoms. The summed E-state index contributed by atoms with van der Waals surface area (Å²) < 4.78 is 7.21. The highest BCUT2D eigenvalue weighted by atomic mass is 16.3. The zero-order valence-electron chi connectivity index (χ0n) is 12.6. The number of aryl methyl sites for hydroxylation is 2. The molecule has 0 aliphatic carbocycles.